The van der Waals surface area contributed by atoms with Crippen molar-refractivity contribution in [1.29, 1.82) is 0 Å². The molecule has 1 aliphatic rings. The van der Waals surface area contributed by atoms with Gasteiger partial charge in [0.1, 0.15) is 5.82 Å². The van der Waals surface area contributed by atoms with Crippen LogP contribution in [0, 0.1) is 0 Å². The largest absolute Gasteiger partial charge is 0.381 e. The minimum atomic E-state index is -0.390. The molecule has 20 heavy (non-hydrogen) atoms. The predicted octanol–water partition coefficient (Wildman–Crippen LogP) is 3.06. The second-order valence-electron chi connectivity index (χ2n) is 5.49. The minimum Gasteiger partial charge on any atom is -0.381 e. The van der Waals surface area contributed by atoms with Crippen LogP contribution in [-0.4, -0.2) is 22.8 Å². The Morgan fingerprint density at radius 2 is 2.15 bits per heavy atom. The van der Waals surface area contributed by atoms with E-state index in [2.05, 4.69) is 11.5 Å². The highest BCUT2D eigenvalue weighted by molar-refractivity contribution is 6.31. The van der Waals surface area contributed by atoms with Gasteiger partial charge in [-0.15, -0.1) is 0 Å². The molecule has 2 N–H and O–H groups in total. The maximum Gasteiger partial charge on any atom is 0.130 e. The van der Waals surface area contributed by atoms with Gasteiger partial charge in [0, 0.05) is 24.8 Å². The Morgan fingerprint density at radius 1 is 1.40 bits per heavy atom. The van der Waals surface area contributed by atoms with Crippen molar-refractivity contribution in [3.05, 3.63) is 29.0 Å². The highest BCUT2D eigenvalue weighted by Gasteiger charge is 2.35. The molecule has 1 fully saturated rings. The van der Waals surface area contributed by atoms with Gasteiger partial charge in [-0.2, -0.15) is 0 Å². The van der Waals surface area contributed by atoms with Crippen molar-refractivity contribution in [3.8, 4) is 0 Å². The summed E-state index contributed by atoms with van der Waals surface area (Å²) in [4.78, 5) is 4.79. The number of ether oxygens (including phenoxy) is 1. The van der Waals surface area contributed by atoms with Crippen molar-refractivity contribution < 1.29 is 4.74 Å². The maximum absolute atomic E-state index is 6.62. The summed E-state index contributed by atoms with van der Waals surface area (Å²) in [5.41, 5.74) is 8.27. The standard InChI is InChI=1S/C15H20ClN3O/c1-2-7-19-13-10-11(16)3-4-12(13)18-14(19)15(17)5-8-20-9-6-15/h3-4,10H,2,5-9,17H2,1H3. The second-order valence-corrected chi connectivity index (χ2v) is 5.93. The summed E-state index contributed by atoms with van der Waals surface area (Å²) in [7, 11) is 0. The summed E-state index contributed by atoms with van der Waals surface area (Å²) < 4.78 is 7.67. The zero-order valence-electron chi connectivity index (χ0n) is 11.7. The number of aryl methyl sites for hydroxylation is 1. The van der Waals surface area contributed by atoms with E-state index in [4.69, 9.17) is 27.1 Å². The van der Waals surface area contributed by atoms with E-state index in [-0.39, 0.29) is 5.54 Å². The molecule has 1 aromatic carbocycles. The summed E-state index contributed by atoms with van der Waals surface area (Å²) in [5, 5.41) is 0.736. The molecule has 0 spiro atoms. The van der Waals surface area contributed by atoms with Gasteiger partial charge in [-0.05, 0) is 37.5 Å². The van der Waals surface area contributed by atoms with Gasteiger partial charge in [-0.25, -0.2) is 4.98 Å². The van der Waals surface area contributed by atoms with Crippen molar-refractivity contribution in [2.24, 2.45) is 5.73 Å². The van der Waals surface area contributed by atoms with E-state index in [1.807, 2.05) is 18.2 Å². The Bertz CT molecular complexity index is 617. The fourth-order valence-corrected chi connectivity index (χ4v) is 3.05. The Hall–Kier alpha value is -1.10. The van der Waals surface area contributed by atoms with E-state index in [0.29, 0.717) is 13.2 Å². The van der Waals surface area contributed by atoms with E-state index in [0.717, 1.165) is 47.7 Å². The summed E-state index contributed by atoms with van der Waals surface area (Å²) in [6, 6.07) is 5.83. The molecule has 1 saturated heterocycles. The molecule has 0 unspecified atom stereocenters. The molecule has 5 heteroatoms. The van der Waals surface area contributed by atoms with Gasteiger partial charge in [-0.3, -0.25) is 0 Å². The number of aromatic nitrogens is 2. The lowest BCUT2D eigenvalue weighted by molar-refractivity contribution is 0.0480. The average molecular weight is 294 g/mol. The van der Waals surface area contributed by atoms with Crippen LogP contribution < -0.4 is 5.73 Å². The third-order valence-corrected chi connectivity index (χ3v) is 4.22. The van der Waals surface area contributed by atoms with E-state index in [9.17, 15) is 0 Å². The van der Waals surface area contributed by atoms with Crippen molar-refractivity contribution in [2.45, 2.75) is 38.3 Å². The van der Waals surface area contributed by atoms with Gasteiger partial charge in [0.05, 0.1) is 16.6 Å². The highest BCUT2D eigenvalue weighted by atomic mass is 35.5. The number of fused-ring (bicyclic) bond motifs is 1. The molecule has 0 aliphatic carbocycles. The molecular formula is C15H20ClN3O. The van der Waals surface area contributed by atoms with Crippen LogP contribution in [0.3, 0.4) is 0 Å². The first-order chi connectivity index (χ1) is 9.64. The summed E-state index contributed by atoms with van der Waals surface area (Å²) in [6.07, 6.45) is 2.67. The quantitative estimate of drug-likeness (QED) is 0.946. The lowest BCUT2D eigenvalue weighted by Gasteiger charge is -2.33. The third-order valence-electron chi connectivity index (χ3n) is 3.99. The molecule has 3 rings (SSSR count). The van der Waals surface area contributed by atoms with Crippen LogP contribution in [0.15, 0.2) is 18.2 Å². The number of nitrogens with zero attached hydrogens (tertiary/aromatic N) is 2. The normalized spacial score (nSPS) is 18.6. The van der Waals surface area contributed by atoms with Gasteiger partial charge in [-0.1, -0.05) is 18.5 Å². The van der Waals surface area contributed by atoms with Crippen LogP contribution in [-0.2, 0) is 16.8 Å². The van der Waals surface area contributed by atoms with Gasteiger partial charge in [0.2, 0.25) is 0 Å². The Labute approximate surface area is 123 Å². The Morgan fingerprint density at radius 3 is 2.85 bits per heavy atom. The van der Waals surface area contributed by atoms with E-state index >= 15 is 0 Å². The van der Waals surface area contributed by atoms with Gasteiger partial charge >= 0.3 is 0 Å². The van der Waals surface area contributed by atoms with Crippen LogP contribution in [0.2, 0.25) is 5.02 Å². The highest BCUT2D eigenvalue weighted by Crippen LogP contribution is 2.32. The predicted molar refractivity (Wildman–Crippen MR) is 81.0 cm³/mol. The molecule has 1 aromatic heterocycles. The zero-order valence-corrected chi connectivity index (χ0v) is 12.5. The smallest absolute Gasteiger partial charge is 0.130 e. The molecule has 2 heterocycles. The molecule has 0 radical (unpaired) electrons. The number of nitrogens with two attached hydrogens (primary N) is 1. The molecule has 0 bridgehead atoms. The summed E-state index contributed by atoms with van der Waals surface area (Å²) in [6.45, 7) is 4.47. The fraction of sp³-hybridized carbons (Fsp3) is 0.533. The van der Waals surface area contributed by atoms with E-state index in [1.165, 1.54) is 0 Å². The third kappa shape index (κ3) is 2.32. The molecule has 0 amide bonds. The molecule has 1 aliphatic heterocycles. The van der Waals surface area contributed by atoms with Crippen LogP contribution in [0.5, 0.6) is 0 Å². The first-order valence-electron chi connectivity index (χ1n) is 7.17. The summed E-state index contributed by atoms with van der Waals surface area (Å²) in [5.74, 6) is 0.972. The lowest BCUT2D eigenvalue weighted by Crippen LogP contribution is -2.44. The molecule has 2 aromatic rings. The topological polar surface area (TPSA) is 53.1 Å². The van der Waals surface area contributed by atoms with Crippen molar-refractivity contribution in [2.75, 3.05) is 13.2 Å². The van der Waals surface area contributed by atoms with Crippen LogP contribution in [0.25, 0.3) is 11.0 Å². The number of benzene rings is 1. The maximum atomic E-state index is 6.62. The number of imidazole rings is 1. The van der Waals surface area contributed by atoms with E-state index in [1.54, 1.807) is 0 Å². The molecule has 0 saturated carbocycles. The lowest BCUT2D eigenvalue weighted by atomic mass is 9.90. The Kier molecular flexibility index (Phi) is 3.71. The molecule has 0 atom stereocenters. The number of hydrogen-bond donors (Lipinski definition) is 1. The number of halogens is 1. The molecular weight excluding hydrogens is 274 g/mol. The Balaban J connectivity index is 2.15. The van der Waals surface area contributed by atoms with E-state index < -0.39 is 0 Å². The first-order valence-corrected chi connectivity index (χ1v) is 7.55. The van der Waals surface area contributed by atoms with Crippen LogP contribution >= 0.6 is 11.6 Å². The van der Waals surface area contributed by atoms with Crippen molar-refractivity contribution >= 4 is 22.6 Å². The van der Waals surface area contributed by atoms with Gasteiger partial charge in [0.25, 0.3) is 0 Å². The van der Waals surface area contributed by atoms with Gasteiger partial charge < -0.3 is 15.0 Å². The SMILES string of the molecule is CCCn1c(C2(N)CCOCC2)nc2ccc(Cl)cc21. The zero-order chi connectivity index (χ0) is 14.2. The number of rotatable bonds is 3. The van der Waals surface area contributed by atoms with Crippen LogP contribution in [0.1, 0.15) is 32.0 Å². The fourth-order valence-electron chi connectivity index (χ4n) is 2.89. The monoisotopic (exact) mass is 293 g/mol. The second kappa shape index (κ2) is 5.35. The minimum absolute atomic E-state index is 0.390. The summed E-state index contributed by atoms with van der Waals surface area (Å²) >= 11 is 6.13. The van der Waals surface area contributed by atoms with Gasteiger partial charge in [0.15, 0.2) is 0 Å². The van der Waals surface area contributed by atoms with Crippen molar-refractivity contribution in [1.82, 2.24) is 9.55 Å². The van der Waals surface area contributed by atoms with Crippen LogP contribution in [0.4, 0.5) is 0 Å². The van der Waals surface area contributed by atoms with Crippen molar-refractivity contribution in [3.63, 3.8) is 0 Å². The molecule has 108 valence electrons. The average Bonchev–Trinajstić information content (AvgIpc) is 2.79. The molecule has 4 nitrogen and oxygen atoms in total. The number of hydrogen-bond acceptors (Lipinski definition) is 3. The first kappa shape index (κ1) is 13.9.